The fourth-order valence-electron chi connectivity index (χ4n) is 1.35. The lowest BCUT2D eigenvalue weighted by molar-refractivity contribution is -0.147. The summed E-state index contributed by atoms with van der Waals surface area (Å²) in [5.74, 6) is -1.09. The molecule has 1 aromatic carbocycles. The maximum absolute atomic E-state index is 11.7. The van der Waals surface area contributed by atoms with E-state index in [4.69, 9.17) is 16.3 Å². The zero-order valence-corrected chi connectivity index (χ0v) is 10.2. The Morgan fingerprint density at radius 2 is 2.00 bits per heavy atom. The molecule has 0 aromatic heterocycles. The van der Waals surface area contributed by atoms with Crippen LogP contribution in [0.2, 0.25) is 0 Å². The molecule has 0 saturated heterocycles. The van der Waals surface area contributed by atoms with Crippen LogP contribution in [-0.2, 0) is 14.3 Å². The largest absolute Gasteiger partial charge is 0.464 e. The maximum Gasteiger partial charge on any atom is 0.333 e. The molecule has 0 fully saturated rings. The van der Waals surface area contributed by atoms with Crippen molar-refractivity contribution in [1.29, 1.82) is 0 Å². The molecule has 0 saturated carbocycles. The number of ether oxygens (including phenoxy) is 1. The van der Waals surface area contributed by atoms with E-state index in [2.05, 4.69) is 5.32 Å². The molecule has 5 heteroatoms. The molecule has 1 atom stereocenters. The first-order valence-electron chi connectivity index (χ1n) is 5.26. The molecular weight excluding hydrogens is 242 g/mol. The van der Waals surface area contributed by atoms with Crippen LogP contribution in [0, 0.1) is 0 Å². The number of amides is 1. The molecule has 0 unspecified atom stereocenters. The maximum atomic E-state index is 11.7. The summed E-state index contributed by atoms with van der Waals surface area (Å²) in [4.78, 5) is 23.0. The fourth-order valence-corrected chi connectivity index (χ4v) is 1.43. The number of halogens is 1. The second-order valence-electron chi connectivity index (χ2n) is 3.30. The highest BCUT2D eigenvalue weighted by atomic mass is 35.5. The predicted molar refractivity (Wildman–Crippen MR) is 64.7 cm³/mol. The Labute approximate surface area is 105 Å². The number of rotatable bonds is 5. The molecule has 4 nitrogen and oxygen atoms in total. The minimum Gasteiger partial charge on any atom is -0.464 e. The second-order valence-corrected chi connectivity index (χ2v) is 3.56. The molecule has 0 aliphatic carbocycles. The van der Waals surface area contributed by atoms with Gasteiger partial charge in [0.05, 0.1) is 6.61 Å². The van der Waals surface area contributed by atoms with Crippen molar-refractivity contribution in [2.75, 3.05) is 12.5 Å². The van der Waals surface area contributed by atoms with Gasteiger partial charge in [-0.3, -0.25) is 4.79 Å². The van der Waals surface area contributed by atoms with Gasteiger partial charge in [-0.05, 0) is 12.5 Å². The summed E-state index contributed by atoms with van der Waals surface area (Å²) >= 11 is 5.40. The summed E-state index contributed by atoms with van der Waals surface area (Å²) in [6.45, 7) is 1.97. The number of esters is 1. The third-order valence-corrected chi connectivity index (χ3v) is 2.32. The molecule has 1 rings (SSSR count). The van der Waals surface area contributed by atoms with Crippen molar-refractivity contribution in [2.24, 2.45) is 0 Å². The van der Waals surface area contributed by atoms with Gasteiger partial charge in [0.1, 0.15) is 5.88 Å². The second kappa shape index (κ2) is 6.91. The third kappa shape index (κ3) is 4.07. The smallest absolute Gasteiger partial charge is 0.333 e. The number of hydrogen-bond acceptors (Lipinski definition) is 3. The van der Waals surface area contributed by atoms with Crippen molar-refractivity contribution in [3.63, 3.8) is 0 Å². The molecule has 1 aromatic rings. The molecule has 0 radical (unpaired) electrons. The minimum atomic E-state index is -0.803. The van der Waals surface area contributed by atoms with E-state index in [1.807, 2.05) is 6.07 Å². The normalized spacial score (nSPS) is 11.6. The number of hydrogen-bond donors (Lipinski definition) is 1. The average Bonchev–Trinajstić information content (AvgIpc) is 2.36. The third-order valence-electron chi connectivity index (χ3n) is 2.08. The van der Waals surface area contributed by atoms with Crippen LogP contribution in [0.5, 0.6) is 0 Å². The van der Waals surface area contributed by atoms with E-state index in [0.717, 1.165) is 0 Å². The van der Waals surface area contributed by atoms with E-state index >= 15 is 0 Å². The highest BCUT2D eigenvalue weighted by Gasteiger charge is 2.23. The van der Waals surface area contributed by atoms with Crippen LogP contribution < -0.4 is 5.32 Å². The van der Waals surface area contributed by atoms with Crippen LogP contribution in [-0.4, -0.2) is 24.4 Å². The molecule has 1 amide bonds. The van der Waals surface area contributed by atoms with Crippen molar-refractivity contribution >= 4 is 23.5 Å². The Kier molecular flexibility index (Phi) is 5.49. The SMILES string of the molecule is CCOC(=O)[C@H](NC(=O)CCl)c1ccccc1. The van der Waals surface area contributed by atoms with E-state index in [0.29, 0.717) is 5.56 Å². The fraction of sp³-hybridized carbons (Fsp3) is 0.333. The van der Waals surface area contributed by atoms with Crippen LogP contribution in [0.4, 0.5) is 0 Å². The summed E-state index contributed by atoms with van der Waals surface area (Å²) in [7, 11) is 0. The lowest BCUT2D eigenvalue weighted by Gasteiger charge is -2.16. The van der Waals surface area contributed by atoms with Crippen molar-refractivity contribution < 1.29 is 14.3 Å². The van der Waals surface area contributed by atoms with Gasteiger partial charge in [-0.15, -0.1) is 11.6 Å². The van der Waals surface area contributed by atoms with Gasteiger partial charge in [0.2, 0.25) is 5.91 Å². The van der Waals surface area contributed by atoms with Gasteiger partial charge in [-0.2, -0.15) is 0 Å². The molecule has 0 aliphatic rings. The monoisotopic (exact) mass is 255 g/mol. The van der Waals surface area contributed by atoms with E-state index in [1.54, 1.807) is 31.2 Å². The van der Waals surface area contributed by atoms with Gasteiger partial charge in [0.25, 0.3) is 0 Å². The molecule has 0 spiro atoms. The summed E-state index contributed by atoms with van der Waals surface area (Å²) in [5, 5.41) is 2.52. The first kappa shape index (κ1) is 13.5. The van der Waals surface area contributed by atoms with Crippen molar-refractivity contribution in [1.82, 2.24) is 5.32 Å². The lowest BCUT2D eigenvalue weighted by Crippen LogP contribution is -2.35. The molecule has 92 valence electrons. The van der Waals surface area contributed by atoms with Crippen molar-refractivity contribution in [2.45, 2.75) is 13.0 Å². The zero-order valence-electron chi connectivity index (χ0n) is 9.48. The van der Waals surface area contributed by atoms with Crippen molar-refractivity contribution in [3.8, 4) is 0 Å². The first-order valence-corrected chi connectivity index (χ1v) is 5.79. The van der Waals surface area contributed by atoms with Crippen LogP contribution in [0.15, 0.2) is 30.3 Å². The molecule has 0 aliphatic heterocycles. The van der Waals surface area contributed by atoms with Gasteiger partial charge in [-0.25, -0.2) is 4.79 Å². The standard InChI is InChI=1S/C12H14ClNO3/c1-2-17-12(16)11(14-10(15)8-13)9-6-4-3-5-7-9/h3-7,11H,2,8H2,1H3,(H,14,15)/t11-/m1/s1. The van der Waals surface area contributed by atoms with Crippen LogP contribution in [0.1, 0.15) is 18.5 Å². The number of carbonyl (C=O) groups is 2. The predicted octanol–water partition coefficient (Wildman–Crippen LogP) is 1.65. The quantitative estimate of drug-likeness (QED) is 0.643. The van der Waals surface area contributed by atoms with Crippen molar-refractivity contribution in [3.05, 3.63) is 35.9 Å². The Bertz CT molecular complexity index is 381. The first-order chi connectivity index (χ1) is 8.19. The Balaban J connectivity index is 2.86. The van der Waals surface area contributed by atoms with Gasteiger partial charge in [-0.1, -0.05) is 30.3 Å². The number of nitrogens with one attached hydrogen (secondary N) is 1. The van der Waals surface area contributed by atoms with E-state index in [1.165, 1.54) is 0 Å². The van der Waals surface area contributed by atoms with E-state index < -0.39 is 17.9 Å². The lowest BCUT2D eigenvalue weighted by atomic mass is 10.1. The summed E-state index contributed by atoms with van der Waals surface area (Å²) in [6.07, 6.45) is 0. The van der Waals surface area contributed by atoms with E-state index in [9.17, 15) is 9.59 Å². The van der Waals surface area contributed by atoms with Gasteiger partial charge < -0.3 is 10.1 Å². The number of carbonyl (C=O) groups excluding carboxylic acids is 2. The topological polar surface area (TPSA) is 55.4 Å². The Morgan fingerprint density at radius 1 is 1.35 bits per heavy atom. The van der Waals surface area contributed by atoms with Crippen LogP contribution >= 0.6 is 11.6 Å². The molecular formula is C12H14ClNO3. The minimum absolute atomic E-state index is 0.192. The summed E-state index contributed by atoms with van der Waals surface area (Å²) in [5.41, 5.74) is 0.671. The van der Waals surface area contributed by atoms with E-state index in [-0.39, 0.29) is 12.5 Å². The average molecular weight is 256 g/mol. The highest BCUT2D eigenvalue weighted by molar-refractivity contribution is 6.27. The summed E-state index contributed by atoms with van der Waals surface area (Å²) in [6, 6.07) is 8.09. The van der Waals surface area contributed by atoms with Gasteiger partial charge >= 0.3 is 5.97 Å². The molecule has 1 N–H and O–H groups in total. The Hall–Kier alpha value is -1.55. The van der Waals surface area contributed by atoms with Crippen LogP contribution in [0.25, 0.3) is 0 Å². The molecule has 0 heterocycles. The number of alkyl halides is 1. The van der Waals surface area contributed by atoms with Crippen LogP contribution in [0.3, 0.4) is 0 Å². The Morgan fingerprint density at radius 3 is 2.53 bits per heavy atom. The number of benzene rings is 1. The zero-order chi connectivity index (χ0) is 12.7. The highest BCUT2D eigenvalue weighted by Crippen LogP contribution is 2.14. The molecule has 0 bridgehead atoms. The van der Waals surface area contributed by atoms with Gasteiger partial charge in [0.15, 0.2) is 6.04 Å². The van der Waals surface area contributed by atoms with Gasteiger partial charge in [0, 0.05) is 0 Å². The molecule has 17 heavy (non-hydrogen) atoms. The summed E-state index contributed by atoms with van der Waals surface area (Å²) < 4.78 is 4.91.